The number of rotatable bonds is 5. The lowest BCUT2D eigenvalue weighted by atomic mass is 10.1. The van der Waals surface area contributed by atoms with Gasteiger partial charge >= 0.3 is 0 Å². The van der Waals surface area contributed by atoms with Crippen LogP contribution in [0, 0.1) is 11.6 Å². The fourth-order valence-electron chi connectivity index (χ4n) is 1.93. The van der Waals surface area contributed by atoms with Gasteiger partial charge in [-0.3, -0.25) is 4.68 Å². The number of aromatic nitrogens is 3. The van der Waals surface area contributed by atoms with Gasteiger partial charge in [0, 0.05) is 13.0 Å². The molecule has 20 heavy (non-hydrogen) atoms. The second kappa shape index (κ2) is 6.41. The van der Waals surface area contributed by atoms with Crippen molar-refractivity contribution in [2.75, 3.05) is 0 Å². The number of aliphatic hydroxyl groups excluding tert-OH is 1. The van der Waals surface area contributed by atoms with Crippen LogP contribution in [0.4, 0.5) is 8.78 Å². The fraction of sp³-hybridized carbons (Fsp3) is 0.385. The third-order valence-electron chi connectivity index (χ3n) is 2.93. The van der Waals surface area contributed by atoms with Gasteiger partial charge in [0.15, 0.2) is 11.6 Å². The third kappa shape index (κ3) is 3.04. The minimum atomic E-state index is -1.00. The molecular weight excluding hydrogens is 332 g/mol. The van der Waals surface area contributed by atoms with E-state index in [9.17, 15) is 13.9 Å². The van der Waals surface area contributed by atoms with Crippen molar-refractivity contribution in [3.63, 3.8) is 0 Å². The summed E-state index contributed by atoms with van der Waals surface area (Å²) in [5.74, 6) is -1.35. The average Bonchev–Trinajstić information content (AvgIpc) is 2.84. The first kappa shape index (κ1) is 15.1. The molecule has 2 aromatic rings. The molecule has 0 bridgehead atoms. The molecule has 0 aliphatic heterocycles. The van der Waals surface area contributed by atoms with Crippen LogP contribution >= 0.6 is 15.9 Å². The highest BCUT2D eigenvalue weighted by Crippen LogP contribution is 2.29. The van der Waals surface area contributed by atoms with Gasteiger partial charge in [-0.15, -0.1) is 0 Å². The van der Waals surface area contributed by atoms with E-state index in [-0.39, 0.29) is 16.5 Å². The molecule has 0 aliphatic rings. The van der Waals surface area contributed by atoms with E-state index in [2.05, 4.69) is 26.0 Å². The van der Waals surface area contributed by atoms with Crippen molar-refractivity contribution < 1.29 is 13.9 Å². The number of aliphatic hydroxyl groups is 1. The Morgan fingerprint density at radius 2 is 2.15 bits per heavy atom. The summed E-state index contributed by atoms with van der Waals surface area (Å²) in [6.45, 7) is 2.70. The zero-order valence-electron chi connectivity index (χ0n) is 10.9. The molecule has 0 fully saturated rings. The minimum Gasteiger partial charge on any atom is -0.388 e. The summed E-state index contributed by atoms with van der Waals surface area (Å²) in [4.78, 5) is 4.08. The van der Waals surface area contributed by atoms with E-state index in [1.807, 2.05) is 6.92 Å². The first-order valence-electron chi connectivity index (χ1n) is 6.22. The zero-order chi connectivity index (χ0) is 14.7. The van der Waals surface area contributed by atoms with Crippen LogP contribution in [0.1, 0.15) is 30.8 Å². The molecule has 1 atom stereocenters. The average molecular weight is 346 g/mol. The summed E-state index contributed by atoms with van der Waals surface area (Å²) >= 11 is 2.97. The number of hydrogen-bond acceptors (Lipinski definition) is 3. The lowest BCUT2D eigenvalue weighted by Crippen LogP contribution is -2.11. The molecule has 7 heteroatoms. The predicted molar refractivity (Wildman–Crippen MR) is 73.0 cm³/mol. The van der Waals surface area contributed by atoms with Gasteiger partial charge in [-0.25, -0.2) is 13.8 Å². The molecule has 1 aromatic heterocycles. The molecule has 1 N–H and O–H groups in total. The third-order valence-corrected chi connectivity index (χ3v) is 3.74. The van der Waals surface area contributed by atoms with Gasteiger partial charge in [0.05, 0.1) is 10.6 Å². The van der Waals surface area contributed by atoms with E-state index in [0.29, 0.717) is 12.4 Å². The Kier molecular flexibility index (Phi) is 4.82. The molecule has 1 aromatic carbocycles. The van der Waals surface area contributed by atoms with E-state index in [1.54, 1.807) is 4.68 Å². The minimum absolute atomic E-state index is 0.0634. The van der Waals surface area contributed by atoms with Crippen LogP contribution in [0.25, 0.3) is 0 Å². The van der Waals surface area contributed by atoms with E-state index in [4.69, 9.17) is 0 Å². The van der Waals surface area contributed by atoms with Gasteiger partial charge < -0.3 is 5.11 Å². The lowest BCUT2D eigenvalue weighted by molar-refractivity contribution is 0.172. The van der Waals surface area contributed by atoms with Crippen LogP contribution in [-0.2, 0) is 13.0 Å². The van der Waals surface area contributed by atoms with Crippen molar-refractivity contribution in [3.05, 3.63) is 46.0 Å². The molecule has 4 nitrogen and oxygen atoms in total. The molecule has 0 radical (unpaired) electrons. The van der Waals surface area contributed by atoms with Crippen LogP contribution in [0.3, 0.4) is 0 Å². The summed E-state index contributed by atoms with van der Waals surface area (Å²) in [5, 5.41) is 14.2. The highest BCUT2D eigenvalue weighted by atomic mass is 79.9. The van der Waals surface area contributed by atoms with Crippen molar-refractivity contribution in [1.29, 1.82) is 0 Å². The fourth-order valence-corrected chi connectivity index (χ4v) is 2.51. The Bertz CT molecular complexity index is 603. The quantitative estimate of drug-likeness (QED) is 0.847. The maximum Gasteiger partial charge on any atom is 0.173 e. The van der Waals surface area contributed by atoms with Gasteiger partial charge in [0.2, 0.25) is 0 Å². The van der Waals surface area contributed by atoms with Gasteiger partial charge in [0.25, 0.3) is 0 Å². The number of nitrogens with zero attached hydrogens (tertiary/aromatic N) is 3. The van der Waals surface area contributed by atoms with E-state index < -0.39 is 17.7 Å². The first-order chi connectivity index (χ1) is 9.54. The van der Waals surface area contributed by atoms with Gasteiger partial charge in [-0.1, -0.05) is 13.0 Å². The Labute approximate surface area is 123 Å². The molecule has 0 spiro atoms. The Hall–Kier alpha value is -1.34. The highest BCUT2D eigenvalue weighted by molar-refractivity contribution is 9.10. The molecule has 0 saturated heterocycles. The Balaban J connectivity index is 2.22. The topological polar surface area (TPSA) is 50.9 Å². The highest BCUT2D eigenvalue weighted by Gasteiger charge is 2.19. The summed E-state index contributed by atoms with van der Waals surface area (Å²) in [6, 6.07) is 2.35. The molecule has 0 saturated carbocycles. The van der Waals surface area contributed by atoms with E-state index >= 15 is 0 Å². The first-order valence-corrected chi connectivity index (χ1v) is 7.02. The number of benzene rings is 1. The van der Waals surface area contributed by atoms with Gasteiger partial charge in [-0.05, 0) is 34.0 Å². The monoisotopic (exact) mass is 345 g/mol. The molecular formula is C13H14BrF2N3O. The number of halogens is 3. The predicted octanol–water partition coefficient (Wildman–Crippen LogP) is 3.00. The van der Waals surface area contributed by atoms with E-state index in [1.165, 1.54) is 12.4 Å². The second-order valence-electron chi connectivity index (χ2n) is 4.38. The molecule has 0 amide bonds. The largest absolute Gasteiger partial charge is 0.388 e. The SMILES string of the molecule is CCCn1ncnc1CC(O)c1ccc(F)c(F)c1Br. The molecule has 108 valence electrons. The summed E-state index contributed by atoms with van der Waals surface area (Å²) in [5.41, 5.74) is 0.287. The molecule has 2 rings (SSSR count). The Morgan fingerprint density at radius 3 is 2.85 bits per heavy atom. The van der Waals surface area contributed by atoms with Crippen LogP contribution in [0.5, 0.6) is 0 Å². The van der Waals surface area contributed by atoms with Crippen molar-refractivity contribution in [2.45, 2.75) is 32.4 Å². The normalized spacial score (nSPS) is 12.7. The maximum absolute atomic E-state index is 13.5. The molecule has 0 aliphatic carbocycles. The van der Waals surface area contributed by atoms with Gasteiger partial charge in [-0.2, -0.15) is 5.10 Å². The standard InChI is InChI=1S/C13H14BrF2N3O/c1-2-5-19-11(17-7-18-19)6-10(20)8-3-4-9(15)13(16)12(8)14/h3-4,7,10,20H,2,5-6H2,1H3. The van der Waals surface area contributed by atoms with Crippen molar-refractivity contribution in [1.82, 2.24) is 14.8 Å². The van der Waals surface area contributed by atoms with Crippen LogP contribution < -0.4 is 0 Å². The second-order valence-corrected chi connectivity index (χ2v) is 5.18. The summed E-state index contributed by atoms with van der Waals surface area (Å²) < 4.78 is 28.1. The Morgan fingerprint density at radius 1 is 1.40 bits per heavy atom. The maximum atomic E-state index is 13.5. The van der Waals surface area contributed by atoms with Crippen molar-refractivity contribution in [2.24, 2.45) is 0 Å². The zero-order valence-corrected chi connectivity index (χ0v) is 12.4. The van der Waals surface area contributed by atoms with Crippen LogP contribution in [0.15, 0.2) is 22.9 Å². The number of aryl methyl sites for hydroxylation is 1. The lowest BCUT2D eigenvalue weighted by Gasteiger charge is -2.13. The van der Waals surface area contributed by atoms with Gasteiger partial charge in [0.1, 0.15) is 12.2 Å². The molecule has 1 unspecified atom stereocenters. The smallest absolute Gasteiger partial charge is 0.173 e. The van der Waals surface area contributed by atoms with Crippen LogP contribution in [0.2, 0.25) is 0 Å². The summed E-state index contributed by atoms with van der Waals surface area (Å²) in [6.07, 6.45) is 1.50. The summed E-state index contributed by atoms with van der Waals surface area (Å²) in [7, 11) is 0. The van der Waals surface area contributed by atoms with Crippen molar-refractivity contribution >= 4 is 15.9 Å². The van der Waals surface area contributed by atoms with Crippen LogP contribution in [-0.4, -0.2) is 19.9 Å². The molecule has 1 heterocycles. The number of hydrogen-bond donors (Lipinski definition) is 1. The van der Waals surface area contributed by atoms with Crippen molar-refractivity contribution in [3.8, 4) is 0 Å². The van der Waals surface area contributed by atoms with E-state index in [0.717, 1.165) is 12.5 Å².